The minimum absolute atomic E-state index is 0.348. The molecule has 1 atom stereocenters. The Morgan fingerprint density at radius 2 is 1.87 bits per heavy atom. The van der Waals surface area contributed by atoms with Crippen LogP contribution in [0, 0.1) is 12.3 Å². The summed E-state index contributed by atoms with van der Waals surface area (Å²) in [4.78, 5) is 26.7. The van der Waals surface area contributed by atoms with E-state index in [4.69, 9.17) is 5.11 Å². The maximum atomic E-state index is 13.5. The molecule has 12 heteroatoms. The first-order chi connectivity index (χ1) is 18.2. The van der Waals surface area contributed by atoms with E-state index in [1.165, 1.54) is 12.8 Å². The zero-order chi connectivity index (χ0) is 26.9. The number of nitrogens with zero attached hydrogens (tertiary/aromatic N) is 4. The van der Waals surface area contributed by atoms with Crippen LogP contribution >= 0.6 is 0 Å². The highest BCUT2D eigenvalue weighted by Gasteiger charge is 2.44. The molecule has 2 aromatic rings. The van der Waals surface area contributed by atoms with Crippen molar-refractivity contribution in [3.05, 3.63) is 35.5 Å². The first-order valence-corrected chi connectivity index (χ1v) is 14.9. The van der Waals surface area contributed by atoms with Crippen LogP contribution in [0.15, 0.2) is 24.3 Å². The molecule has 3 heterocycles. The number of carbonyl (C=O) groups excluding carboxylic acids is 1. The van der Waals surface area contributed by atoms with Gasteiger partial charge in [0.1, 0.15) is 5.82 Å². The van der Waals surface area contributed by atoms with Gasteiger partial charge >= 0.3 is 0 Å². The Hall–Kier alpha value is -2.96. The summed E-state index contributed by atoms with van der Waals surface area (Å²) in [7, 11) is -3.71. The van der Waals surface area contributed by atoms with E-state index >= 15 is 0 Å². The summed E-state index contributed by atoms with van der Waals surface area (Å²) in [6.07, 6.45) is 5.75. The predicted molar refractivity (Wildman–Crippen MR) is 146 cm³/mol. The van der Waals surface area contributed by atoms with Gasteiger partial charge in [0.2, 0.25) is 16.0 Å². The summed E-state index contributed by atoms with van der Waals surface area (Å²) < 4.78 is 27.0. The van der Waals surface area contributed by atoms with Crippen LogP contribution in [-0.4, -0.2) is 79.1 Å². The quantitative estimate of drug-likeness (QED) is 0.392. The topological polar surface area (TPSA) is 148 Å². The second-order valence-electron chi connectivity index (χ2n) is 10.8. The number of aliphatic hydroxyl groups excluding tert-OH is 2. The summed E-state index contributed by atoms with van der Waals surface area (Å²) in [5.74, 6) is 0.0879. The Bertz CT molecular complexity index is 1290. The number of β-amino-alcohol motifs (C(OH)–C–C–N with tert-alkyl or cyclic N) is 1. The molecule has 2 aliphatic heterocycles. The molecule has 206 valence electrons. The first-order valence-electron chi connectivity index (χ1n) is 13.3. The lowest BCUT2D eigenvalue weighted by Gasteiger charge is -2.35. The maximum absolute atomic E-state index is 13.5. The van der Waals surface area contributed by atoms with Gasteiger partial charge in [-0.3, -0.25) is 9.52 Å². The number of aromatic nitrogens is 2. The third kappa shape index (κ3) is 6.19. The van der Waals surface area contributed by atoms with Crippen LogP contribution in [0.3, 0.4) is 0 Å². The van der Waals surface area contributed by atoms with E-state index in [0.717, 1.165) is 45.3 Å². The van der Waals surface area contributed by atoms with Crippen molar-refractivity contribution in [2.24, 2.45) is 5.41 Å². The van der Waals surface area contributed by atoms with Gasteiger partial charge in [-0.1, -0.05) is 0 Å². The smallest absolute Gasteiger partial charge is 0.258 e. The number of rotatable bonds is 8. The number of hydrogen-bond donors (Lipinski definition) is 4. The van der Waals surface area contributed by atoms with E-state index < -0.39 is 28.5 Å². The van der Waals surface area contributed by atoms with Gasteiger partial charge in [0.05, 0.1) is 35.4 Å². The lowest BCUT2D eigenvalue weighted by Crippen LogP contribution is -2.39. The largest absolute Gasteiger partial charge is 0.395 e. The number of sulfonamides is 1. The lowest BCUT2D eigenvalue weighted by molar-refractivity contribution is 0.102. The van der Waals surface area contributed by atoms with E-state index in [1.807, 2.05) is 11.8 Å². The second-order valence-corrected chi connectivity index (χ2v) is 12.6. The minimum Gasteiger partial charge on any atom is -0.395 e. The summed E-state index contributed by atoms with van der Waals surface area (Å²) in [6.45, 7) is 4.13. The Morgan fingerprint density at radius 1 is 1.11 bits per heavy atom. The number of benzene rings is 1. The minimum atomic E-state index is -3.71. The van der Waals surface area contributed by atoms with Crippen LogP contribution in [0.1, 0.15) is 54.6 Å². The molecule has 1 aliphatic carbocycles. The summed E-state index contributed by atoms with van der Waals surface area (Å²) >= 11 is 0. The van der Waals surface area contributed by atoms with Gasteiger partial charge in [0.15, 0.2) is 0 Å². The number of aliphatic hydroxyl groups is 2. The van der Waals surface area contributed by atoms with Crippen LogP contribution in [0.5, 0.6) is 0 Å². The lowest BCUT2D eigenvalue weighted by atomic mass is 9.93. The Kier molecular flexibility index (Phi) is 7.47. The van der Waals surface area contributed by atoms with Crippen LogP contribution in [0.4, 0.5) is 23.1 Å². The predicted octanol–water partition coefficient (Wildman–Crippen LogP) is 2.11. The normalized spacial score (nSPS) is 20.9. The third-order valence-corrected chi connectivity index (χ3v) is 9.03. The average molecular weight is 545 g/mol. The van der Waals surface area contributed by atoms with Gasteiger partial charge < -0.3 is 25.3 Å². The number of anilines is 4. The molecule has 3 fully saturated rings. The summed E-state index contributed by atoms with van der Waals surface area (Å²) in [6, 6.07) is 6.58. The van der Waals surface area contributed by atoms with Crippen LogP contribution in [-0.2, 0) is 10.0 Å². The van der Waals surface area contributed by atoms with Crippen molar-refractivity contribution in [3.8, 4) is 0 Å². The molecule has 0 radical (unpaired) electrons. The zero-order valence-corrected chi connectivity index (χ0v) is 22.5. The monoisotopic (exact) mass is 544 g/mol. The molecule has 1 aromatic carbocycles. The van der Waals surface area contributed by atoms with E-state index in [1.54, 1.807) is 24.3 Å². The van der Waals surface area contributed by atoms with E-state index in [0.29, 0.717) is 46.4 Å². The molecule has 11 nitrogen and oxygen atoms in total. The van der Waals surface area contributed by atoms with Gasteiger partial charge in [0.25, 0.3) is 5.91 Å². The standard InChI is InChI=1S/C26H36N6O5S/c1-18-15-23(29-25(27-18)32-10-2-3-20(34)17-32)28-24(35)21-5-4-19(30-38(36,37)14-13-33)16-22(21)31-11-8-26(6-7-26)9-12-31/h4-5,15-16,20,30,33-34H,2-3,6-14,17H2,1H3,(H,27,28,29,35)/t20-/m1/s1. The number of amides is 1. The number of nitrogens with one attached hydrogen (secondary N) is 2. The van der Waals surface area contributed by atoms with Crippen LogP contribution in [0.25, 0.3) is 0 Å². The van der Waals surface area contributed by atoms with Crippen molar-refractivity contribution in [1.82, 2.24) is 9.97 Å². The molecule has 4 N–H and O–H groups in total. The SMILES string of the molecule is Cc1cc(NC(=O)c2ccc(NS(=O)(=O)CCO)cc2N2CCC3(CC2)CC3)nc(N2CCC[C@@H](O)C2)n1. The number of carbonyl (C=O) groups is 1. The summed E-state index contributed by atoms with van der Waals surface area (Å²) in [5, 5.41) is 22.0. The zero-order valence-electron chi connectivity index (χ0n) is 21.7. The Balaban J connectivity index is 1.40. The average Bonchev–Trinajstić information content (AvgIpc) is 3.62. The van der Waals surface area contributed by atoms with Crippen molar-refractivity contribution in [2.75, 3.05) is 58.4 Å². The van der Waals surface area contributed by atoms with Gasteiger partial charge in [-0.05, 0) is 69.1 Å². The molecular weight excluding hydrogens is 508 g/mol. The van der Waals surface area contributed by atoms with Gasteiger partial charge in [-0.2, -0.15) is 4.98 Å². The molecule has 2 saturated heterocycles. The molecule has 3 aliphatic rings. The fourth-order valence-electron chi connectivity index (χ4n) is 5.38. The van der Waals surface area contributed by atoms with Gasteiger partial charge in [0, 0.05) is 37.9 Å². The van der Waals surface area contributed by atoms with Gasteiger partial charge in [-0.15, -0.1) is 0 Å². The molecule has 5 rings (SSSR count). The number of hydrogen-bond acceptors (Lipinski definition) is 9. The first kappa shape index (κ1) is 26.6. The molecule has 0 bridgehead atoms. The Morgan fingerprint density at radius 3 is 2.55 bits per heavy atom. The fraction of sp³-hybridized carbons (Fsp3) is 0.577. The molecular formula is C26H36N6O5S. The van der Waals surface area contributed by atoms with Crippen molar-refractivity contribution >= 4 is 39.1 Å². The van der Waals surface area contributed by atoms with E-state index in [9.17, 15) is 18.3 Å². The van der Waals surface area contributed by atoms with E-state index in [2.05, 4.69) is 24.9 Å². The van der Waals surface area contributed by atoms with Gasteiger partial charge in [-0.25, -0.2) is 13.4 Å². The highest BCUT2D eigenvalue weighted by Crippen LogP contribution is 2.54. The Labute approximate surface area is 223 Å². The molecule has 1 spiro atoms. The number of piperidine rings is 2. The molecule has 1 amide bonds. The number of aryl methyl sites for hydroxylation is 1. The highest BCUT2D eigenvalue weighted by molar-refractivity contribution is 7.92. The third-order valence-electron chi connectivity index (χ3n) is 7.76. The van der Waals surface area contributed by atoms with Crippen molar-refractivity contribution in [3.63, 3.8) is 0 Å². The van der Waals surface area contributed by atoms with Crippen LogP contribution < -0.4 is 19.8 Å². The van der Waals surface area contributed by atoms with Crippen molar-refractivity contribution in [1.29, 1.82) is 0 Å². The van der Waals surface area contributed by atoms with Crippen molar-refractivity contribution < 1.29 is 23.4 Å². The molecule has 0 unspecified atom stereocenters. The van der Waals surface area contributed by atoms with E-state index in [-0.39, 0.29) is 5.91 Å². The maximum Gasteiger partial charge on any atom is 0.258 e. The molecule has 1 aromatic heterocycles. The molecule has 38 heavy (non-hydrogen) atoms. The highest BCUT2D eigenvalue weighted by atomic mass is 32.2. The van der Waals surface area contributed by atoms with Crippen molar-refractivity contribution in [2.45, 2.75) is 51.6 Å². The van der Waals surface area contributed by atoms with Crippen LogP contribution in [0.2, 0.25) is 0 Å². The molecule has 1 saturated carbocycles. The fourth-order valence-corrected chi connectivity index (χ4v) is 6.21. The second kappa shape index (κ2) is 10.7. The summed E-state index contributed by atoms with van der Waals surface area (Å²) in [5.41, 5.74) is 2.57.